The van der Waals surface area contributed by atoms with Crippen molar-refractivity contribution in [3.8, 4) is 46.0 Å². The molecule has 8 rings (SSSR count). The molecule has 6 aromatic carbocycles. The molecule has 12 nitrogen and oxygen atoms in total. The van der Waals surface area contributed by atoms with E-state index in [0.29, 0.717) is 105 Å². The maximum absolute atomic E-state index is 13.0. The molecule has 0 bridgehead atoms. The fourth-order valence-corrected chi connectivity index (χ4v) is 8.58. The largest absolute Gasteiger partial charge is 0.573 e. The Bertz CT molecular complexity index is 3480. The number of hydrogen-bond donors (Lipinski definition) is 1. The summed E-state index contributed by atoms with van der Waals surface area (Å²) < 4.78 is 119. The Morgan fingerprint density at radius 3 is 1.46 bits per heavy atom. The quantitative estimate of drug-likeness (QED) is 0.0475. The summed E-state index contributed by atoms with van der Waals surface area (Å²) in [6.07, 6.45) is -11.2. The van der Waals surface area contributed by atoms with Crippen LogP contribution in [-0.4, -0.2) is 59.6 Å². The van der Waals surface area contributed by atoms with Crippen LogP contribution in [0.1, 0.15) is 64.1 Å². The SMILES string of the molecule is CC(C)COC(=O)[C@H](C)Oc1cc(CBr)ccc1Cl.Cc1[nH]c2cc(OC(F)(F)F)ccc2c1Oc1ccc(Cl)cc1.Cc1c(Oc2ccc(Cl)cc2)c2ccc(OC(F)(F)F)cc2n1Cc1ccc(Cl)c(O[C@@H](C)C(=O)OCC(C)C)c1. The van der Waals surface area contributed by atoms with Crippen LogP contribution in [0.3, 0.4) is 0 Å². The lowest BCUT2D eigenvalue weighted by Gasteiger charge is -2.17. The molecule has 23 heteroatoms. The highest BCUT2D eigenvalue weighted by Crippen LogP contribution is 2.41. The molecule has 0 spiro atoms. The molecule has 0 fully saturated rings. The van der Waals surface area contributed by atoms with E-state index in [-0.39, 0.29) is 42.3 Å². The number of halogens is 11. The molecule has 1 N–H and O–H groups in total. The van der Waals surface area contributed by atoms with Gasteiger partial charge in [-0.2, -0.15) is 0 Å². The molecular weight excluding hydrogens is 1240 g/mol. The maximum atomic E-state index is 13.0. The van der Waals surface area contributed by atoms with Crippen molar-refractivity contribution in [1.82, 2.24) is 9.55 Å². The molecule has 0 aliphatic heterocycles. The molecule has 83 heavy (non-hydrogen) atoms. The first-order chi connectivity index (χ1) is 39.1. The molecule has 0 aliphatic rings. The summed E-state index contributed by atoms with van der Waals surface area (Å²) >= 11 is 27.6. The van der Waals surface area contributed by atoms with Crippen molar-refractivity contribution in [2.75, 3.05) is 13.2 Å². The van der Waals surface area contributed by atoms with Gasteiger partial charge in [0.25, 0.3) is 0 Å². The number of fused-ring (bicyclic) bond motifs is 2. The lowest BCUT2D eigenvalue weighted by atomic mass is 10.2. The fourth-order valence-electron chi connectivity index (χ4n) is 7.66. The summed E-state index contributed by atoms with van der Waals surface area (Å²) in [6.45, 7) is 15.5. The molecule has 8 aromatic rings. The van der Waals surface area contributed by atoms with Crippen molar-refractivity contribution in [3.05, 3.63) is 164 Å². The molecular formula is C60H57BrCl4F6N2O10. The first-order valence-electron chi connectivity index (χ1n) is 25.5. The number of nitrogens with one attached hydrogen (secondary N) is 1. The number of esters is 2. The second kappa shape index (κ2) is 29.2. The van der Waals surface area contributed by atoms with Crippen LogP contribution in [0.4, 0.5) is 26.3 Å². The van der Waals surface area contributed by atoms with Crippen LogP contribution < -0.4 is 28.4 Å². The summed E-state index contributed by atoms with van der Waals surface area (Å²) in [5.74, 6) is 1.78. The zero-order valence-corrected chi connectivity index (χ0v) is 50.5. The second-order valence-electron chi connectivity index (χ2n) is 19.4. The van der Waals surface area contributed by atoms with Crippen LogP contribution in [0.5, 0.6) is 46.0 Å². The fraction of sp³-hybridized carbons (Fsp3) is 0.300. The average Bonchev–Trinajstić information content (AvgIpc) is 3.76. The number of aromatic nitrogens is 2. The number of nitrogens with zero attached hydrogens (tertiary/aromatic N) is 1. The summed E-state index contributed by atoms with van der Waals surface area (Å²) in [4.78, 5) is 27.0. The van der Waals surface area contributed by atoms with Crippen LogP contribution in [0.15, 0.2) is 121 Å². The lowest BCUT2D eigenvalue weighted by Crippen LogP contribution is -2.27. The molecule has 0 saturated heterocycles. The number of H-pyrrole nitrogens is 1. The maximum Gasteiger partial charge on any atom is 0.573 e. The monoisotopic (exact) mass is 1300 g/mol. The Kier molecular flexibility index (Phi) is 23.1. The number of hydrogen-bond acceptors (Lipinski definition) is 10. The minimum absolute atomic E-state index is 0.174. The highest BCUT2D eigenvalue weighted by molar-refractivity contribution is 9.08. The molecule has 0 aliphatic carbocycles. The summed E-state index contributed by atoms with van der Waals surface area (Å²) in [7, 11) is 0. The smallest absolute Gasteiger partial charge is 0.477 e. The molecule has 0 saturated carbocycles. The zero-order chi connectivity index (χ0) is 60.9. The molecule has 0 unspecified atom stereocenters. The number of aromatic amines is 1. The van der Waals surface area contributed by atoms with Crippen molar-refractivity contribution < 1.29 is 73.8 Å². The lowest BCUT2D eigenvalue weighted by molar-refractivity contribution is -0.275. The van der Waals surface area contributed by atoms with E-state index in [2.05, 4.69) is 30.4 Å². The number of alkyl halides is 7. The van der Waals surface area contributed by atoms with Gasteiger partial charge < -0.3 is 47.4 Å². The van der Waals surface area contributed by atoms with Crippen molar-refractivity contribution >= 4 is 96.1 Å². The van der Waals surface area contributed by atoms with Gasteiger partial charge in [-0.3, -0.25) is 0 Å². The van der Waals surface area contributed by atoms with Gasteiger partial charge in [0.05, 0.1) is 45.7 Å². The highest BCUT2D eigenvalue weighted by atomic mass is 79.9. The van der Waals surface area contributed by atoms with Crippen LogP contribution in [0.25, 0.3) is 21.8 Å². The summed E-state index contributed by atoms with van der Waals surface area (Å²) in [5, 5.41) is 3.83. The minimum Gasteiger partial charge on any atom is -0.477 e. The summed E-state index contributed by atoms with van der Waals surface area (Å²) in [5.41, 5.74) is 4.04. The third-order valence-electron chi connectivity index (χ3n) is 11.5. The van der Waals surface area contributed by atoms with Gasteiger partial charge in [0.2, 0.25) is 0 Å². The van der Waals surface area contributed by atoms with Gasteiger partial charge in [0.1, 0.15) is 34.5 Å². The Labute approximate surface area is 503 Å². The first-order valence-corrected chi connectivity index (χ1v) is 28.1. The highest BCUT2D eigenvalue weighted by Gasteiger charge is 2.33. The topological polar surface area (TPSA) is 129 Å². The minimum atomic E-state index is -4.85. The third kappa shape index (κ3) is 19.7. The summed E-state index contributed by atoms with van der Waals surface area (Å²) in [6, 6.07) is 32.2. The Morgan fingerprint density at radius 1 is 0.554 bits per heavy atom. The van der Waals surface area contributed by atoms with E-state index in [1.807, 2.05) is 39.8 Å². The van der Waals surface area contributed by atoms with E-state index in [0.717, 1.165) is 5.56 Å². The van der Waals surface area contributed by atoms with Gasteiger partial charge in [0, 0.05) is 44.8 Å². The van der Waals surface area contributed by atoms with Gasteiger partial charge in [-0.25, -0.2) is 9.59 Å². The van der Waals surface area contributed by atoms with E-state index < -0.39 is 30.9 Å². The van der Waals surface area contributed by atoms with Gasteiger partial charge in [-0.15, -0.1) is 26.3 Å². The Hall–Kier alpha value is -6.64. The molecule has 2 heterocycles. The van der Waals surface area contributed by atoms with Crippen LogP contribution in [0, 0.1) is 25.7 Å². The molecule has 2 atom stereocenters. The second-order valence-corrected chi connectivity index (χ2v) is 21.7. The molecule has 2 aromatic heterocycles. The zero-order valence-electron chi connectivity index (χ0n) is 45.9. The Balaban J connectivity index is 0.000000221. The number of benzene rings is 6. The van der Waals surface area contributed by atoms with Crippen molar-refractivity contribution in [3.63, 3.8) is 0 Å². The van der Waals surface area contributed by atoms with E-state index in [1.54, 1.807) is 105 Å². The number of carbonyl (C=O) groups is 2. The first kappa shape index (κ1) is 65.5. The Morgan fingerprint density at radius 2 is 0.988 bits per heavy atom. The number of rotatable bonds is 19. The van der Waals surface area contributed by atoms with Gasteiger partial charge in [-0.05, 0) is 148 Å². The predicted molar refractivity (Wildman–Crippen MR) is 313 cm³/mol. The van der Waals surface area contributed by atoms with E-state index in [9.17, 15) is 35.9 Å². The molecule has 0 radical (unpaired) electrons. The van der Waals surface area contributed by atoms with E-state index in [4.69, 9.17) is 74.8 Å². The standard InChI is InChI=1S/C30H28Cl2F3NO5.C16H11ClF3NO2.C14H18BrClO3/c1-17(2)16-38-29(37)19(4)39-27-13-20(5-12-25(27)32)15-36-18(3)28(40-22-8-6-21(31)7-9-22)24-11-10-23(14-26(24)36)41-30(33,34)35;1-9-15(22-11-4-2-10(17)3-5-11)13-7-6-12(8-14(13)21-9)23-16(18,19)20;1-9(2)8-18-14(17)10(3)19-13-6-11(7-15)4-5-12(13)16/h5-14,17,19H,15-16H2,1-4H3;2-8,21H,1H3;4-6,9-10H,7-8H2,1-3H3/t19-;;10-/m0.0/s1. The number of ether oxygens (including phenoxy) is 8. The van der Waals surface area contributed by atoms with E-state index >= 15 is 0 Å². The van der Waals surface area contributed by atoms with Gasteiger partial charge in [-0.1, -0.05) is 102 Å². The normalized spacial score (nSPS) is 12.2. The number of aryl methyl sites for hydroxylation is 1. The molecule has 0 amide bonds. The van der Waals surface area contributed by atoms with Crippen molar-refractivity contribution in [2.45, 2.75) is 92.2 Å². The van der Waals surface area contributed by atoms with Crippen molar-refractivity contribution in [2.24, 2.45) is 11.8 Å². The van der Waals surface area contributed by atoms with E-state index in [1.165, 1.54) is 36.4 Å². The third-order valence-corrected chi connectivity index (χ3v) is 13.3. The van der Waals surface area contributed by atoms with Gasteiger partial charge >= 0.3 is 24.7 Å². The molecule has 444 valence electrons. The van der Waals surface area contributed by atoms with Crippen molar-refractivity contribution in [1.29, 1.82) is 0 Å². The van der Waals surface area contributed by atoms with Gasteiger partial charge in [0.15, 0.2) is 23.7 Å². The van der Waals surface area contributed by atoms with Crippen LogP contribution in [-0.2, 0) is 30.9 Å². The predicted octanol–water partition coefficient (Wildman–Crippen LogP) is 19.0. The van der Waals surface area contributed by atoms with Crippen LogP contribution >= 0.6 is 62.3 Å². The van der Waals surface area contributed by atoms with Crippen LogP contribution in [0.2, 0.25) is 20.1 Å². The number of carbonyl (C=O) groups excluding carboxylic acids is 2. The average molecular weight is 1300 g/mol.